The lowest BCUT2D eigenvalue weighted by Gasteiger charge is -2.24. The van der Waals surface area contributed by atoms with Crippen LogP contribution in [0.15, 0.2) is 66.7 Å². The summed E-state index contributed by atoms with van der Waals surface area (Å²) in [5, 5.41) is 0. The molecule has 7 heteroatoms. The summed E-state index contributed by atoms with van der Waals surface area (Å²) in [6, 6.07) is 19.8. The van der Waals surface area contributed by atoms with E-state index in [2.05, 4.69) is 4.90 Å². The second-order valence-corrected chi connectivity index (χ2v) is 7.90. The summed E-state index contributed by atoms with van der Waals surface area (Å²) in [6.07, 6.45) is 0. The minimum atomic E-state index is -0.489. The molecule has 7 nitrogen and oxygen atoms in total. The highest BCUT2D eigenvalue weighted by Crippen LogP contribution is 2.21. The molecule has 2 amide bonds. The number of hydrogen-bond donors (Lipinski definition) is 2. The Labute approximate surface area is 193 Å². The van der Waals surface area contributed by atoms with Gasteiger partial charge in [0.1, 0.15) is 5.75 Å². The van der Waals surface area contributed by atoms with Gasteiger partial charge in [-0.1, -0.05) is 24.3 Å². The lowest BCUT2D eigenvalue weighted by Crippen LogP contribution is -2.23. The van der Waals surface area contributed by atoms with Gasteiger partial charge in [-0.25, -0.2) is 0 Å². The first kappa shape index (κ1) is 23.7. The zero-order valence-electron chi connectivity index (χ0n) is 18.7. The number of hydrogen-bond acceptors (Lipinski definition) is 5. The molecular formula is C26H27N3O4. The largest absolute Gasteiger partial charge is 0.497 e. The molecule has 0 fully saturated rings. The average molecular weight is 446 g/mol. The predicted molar refractivity (Wildman–Crippen MR) is 126 cm³/mol. The summed E-state index contributed by atoms with van der Waals surface area (Å²) in [6.45, 7) is 3.03. The number of primary amides is 2. The molecule has 33 heavy (non-hydrogen) atoms. The monoisotopic (exact) mass is 445 g/mol. The summed E-state index contributed by atoms with van der Waals surface area (Å²) in [7, 11) is 1.56. The normalized spacial score (nSPS) is 10.8. The second kappa shape index (κ2) is 10.6. The molecule has 170 valence electrons. The Morgan fingerprint density at radius 3 is 1.67 bits per heavy atom. The van der Waals surface area contributed by atoms with Crippen molar-refractivity contribution in [1.82, 2.24) is 4.90 Å². The SMILES string of the molecule is COc1cc(CN(Cc2cccc(C(N)=O)c2)Cc2cccc(C(N)=O)c2)cc(C(C)=O)c1. The van der Waals surface area contributed by atoms with Crippen LogP contribution in [0, 0.1) is 0 Å². The molecule has 0 aliphatic heterocycles. The van der Waals surface area contributed by atoms with Crippen LogP contribution in [0.3, 0.4) is 0 Å². The van der Waals surface area contributed by atoms with Crippen LogP contribution in [-0.4, -0.2) is 29.6 Å². The molecule has 0 aliphatic carbocycles. The number of rotatable bonds is 10. The van der Waals surface area contributed by atoms with Crippen LogP contribution in [-0.2, 0) is 19.6 Å². The Bertz CT molecular complexity index is 1130. The van der Waals surface area contributed by atoms with Crippen molar-refractivity contribution in [2.75, 3.05) is 7.11 Å². The highest BCUT2D eigenvalue weighted by molar-refractivity contribution is 5.95. The van der Waals surface area contributed by atoms with Crippen molar-refractivity contribution in [3.63, 3.8) is 0 Å². The number of nitrogens with two attached hydrogens (primary N) is 2. The number of methoxy groups -OCH3 is 1. The number of carbonyl (C=O) groups excluding carboxylic acids is 3. The van der Waals surface area contributed by atoms with Gasteiger partial charge in [-0.2, -0.15) is 0 Å². The number of nitrogens with zero attached hydrogens (tertiary/aromatic N) is 1. The van der Waals surface area contributed by atoms with Crippen molar-refractivity contribution in [3.8, 4) is 5.75 Å². The molecule has 0 heterocycles. The molecule has 0 saturated carbocycles. The van der Waals surface area contributed by atoms with Gasteiger partial charge >= 0.3 is 0 Å². The standard InChI is InChI=1S/C26H27N3O4/c1-17(30)23-11-20(12-24(13-23)33-2)16-29(14-18-5-3-7-21(9-18)25(27)31)15-19-6-4-8-22(10-19)26(28)32/h3-13H,14-16H2,1-2H3,(H2,27,31)(H2,28,32). The van der Waals surface area contributed by atoms with E-state index in [1.807, 2.05) is 24.3 Å². The minimum Gasteiger partial charge on any atom is -0.497 e. The zero-order chi connectivity index (χ0) is 24.0. The van der Waals surface area contributed by atoms with Crippen molar-refractivity contribution in [3.05, 3.63) is 100 Å². The van der Waals surface area contributed by atoms with Crippen molar-refractivity contribution < 1.29 is 19.1 Å². The highest BCUT2D eigenvalue weighted by atomic mass is 16.5. The van der Waals surface area contributed by atoms with Crippen LogP contribution in [0.1, 0.15) is 54.7 Å². The van der Waals surface area contributed by atoms with Crippen LogP contribution in [0.5, 0.6) is 5.75 Å². The van der Waals surface area contributed by atoms with Crippen LogP contribution in [0.4, 0.5) is 0 Å². The molecule has 0 atom stereocenters. The molecule has 4 N–H and O–H groups in total. The first-order chi connectivity index (χ1) is 15.7. The molecule has 3 aromatic rings. The molecule has 0 saturated heterocycles. The number of carbonyl (C=O) groups is 3. The van der Waals surface area contributed by atoms with Gasteiger partial charge in [-0.3, -0.25) is 19.3 Å². The van der Waals surface area contributed by atoms with E-state index in [-0.39, 0.29) is 5.78 Å². The van der Waals surface area contributed by atoms with E-state index in [1.165, 1.54) is 6.92 Å². The minimum absolute atomic E-state index is 0.0509. The predicted octanol–water partition coefficient (Wildman–Crippen LogP) is 3.30. The zero-order valence-corrected chi connectivity index (χ0v) is 18.7. The van der Waals surface area contributed by atoms with Gasteiger partial charge in [0, 0.05) is 36.3 Å². The third-order valence-electron chi connectivity index (χ3n) is 5.25. The van der Waals surface area contributed by atoms with Gasteiger partial charge in [-0.15, -0.1) is 0 Å². The quantitative estimate of drug-likeness (QED) is 0.465. The Hall–Kier alpha value is -3.97. The molecule has 0 radical (unpaired) electrons. The van der Waals surface area contributed by atoms with Crippen molar-refractivity contribution in [2.45, 2.75) is 26.6 Å². The van der Waals surface area contributed by atoms with Crippen molar-refractivity contribution in [1.29, 1.82) is 0 Å². The number of ketones is 1. The van der Waals surface area contributed by atoms with Crippen LogP contribution >= 0.6 is 0 Å². The van der Waals surface area contributed by atoms with E-state index in [4.69, 9.17) is 16.2 Å². The van der Waals surface area contributed by atoms with Gasteiger partial charge in [0.25, 0.3) is 0 Å². The fourth-order valence-corrected chi connectivity index (χ4v) is 3.66. The van der Waals surface area contributed by atoms with Gasteiger partial charge in [0.2, 0.25) is 11.8 Å². The molecule has 3 rings (SSSR count). The first-order valence-electron chi connectivity index (χ1n) is 10.4. The molecule has 0 bridgehead atoms. The Morgan fingerprint density at radius 1 is 0.727 bits per heavy atom. The van der Waals surface area contributed by atoms with E-state index in [0.29, 0.717) is 42.1 Å². The Balaban J connectivity index is 1.94. The molecule has 3 aromatic carbocycles. The van der Waals surface area contributed by atoms with E-state index in [9.17, 15) is 14.4 Å². The third kappa shape index (κ3) is 6.51. The molecule has 0 aliphatic rings. The highest BCUT2D eigenvalue weighted by Gasteiger charge is 2.13. The van der Waals surface area contributed by atoms with Gasteiger partial charge < -0.3 is 16.2 Å². The summed E-state index contributed by atoms with van der Waals surface area (Å²) in [5.41, 5.74) is 15.0. The number of benzene rings is 3. The van der Waals surface area contributed by atoms with E-state index in [1.54, 1.807) is 49.6 Å². The summed E-state index contributed by atoms with van der Waals surface area (Å²) in [4.78, 5) is 37.3. The fraction of sp³-hybridized carbons (Fsp3) is 0.192. The summed E-state index contributed by atoms with van der Waals surface area (Å²) >= 11 is 0. The van der Waals surface area contributed by atoms with Crippen molar-refractivity contribution in [2.24, 2.45) is 11.5 Å². The number of ether oxygens (including phenoxy) is 1. The Kier molecular flexibility index (Phi) is 7.58. The lowest BCUT2D eigenvalue weighted by molar-refractivity contribution is 0.0992. The van der Waals surface area contributed by atoms with Gasteiger partial charge in [0.15, 0.2) is 5.78 Å². The third-order valence-corrected chi connectivity index (χ3v) is 5.25. The number of amides is 2. The molecule has 0 aromatic heterocycles. The van der Waals surface area contributed by atoms with E-state index < -0.39 is 11.8 Å². The Morgan fingerprint density at radius 2 is 1.21 bits per heavy atom. The maximum absolute atomic E-state index is 12.0. The first-order valence-corrected chi connectivity index (χ1v) is 10.4. The lowest BCUT2D eigenvalue weighted by atomic mass is 10.0. The summed E-state index contributed by atoms with van der Waals surface area (Å²) in [5.74, 6) is -0.429. The fourth-order valence-electron chi connectivity index (χ4n) is 3.66. The topological polar surface area (TPSA) is 116 Å². The maximum Gasteiger partial charge on any atom is 0.248 e. The molecule has 0 spiro atoms. The van der Waals surface area contributed by atoms with E-state index in [0.717, 1.165) is 16.7 Å². The maximum atomic E-state index is 12.0. The second-order valence-electron chi connectivity index (χ2n) is 7.90. The van der Waals surface area contributed by atoms with Gasteiger partial charge in [0.05, 0.1) is 7.11 Å². The van der Waals surface area contributed by atoms with E-state index >= 15 is 0 Å². The van der Waals surface area contributed by atoms with Crippen molar-refractivity contribution >= 4 is 17.6 Å². The summed E-state index contributed by atoms with van der Waals surface area (Å²) < 4.78 is 5.37. The smallest absolute Gasteiger partial charge is 0.248 e. The van der Waals surface area contributed by atoms with Crippen LogP contribution in [0.2, 0.25) is 0 Å². The van der Waals surface area contributed by atoms with Crippen LogP contribution in [0.25, 0.3) is 0 Å². The molecule has 0 unspecified atom stereocenters. The number of Topliss-reactive ketones (excluding diaryl/α,β-unsaturated/α-hetero) is 1. The van der Waals surface area contributed by atoms with Crippen LogP contribution < -0.4 is 16.2 Å². The van der Waals surface area contributed by atoms with Gasteiger partial charge in [-0.05, 0) is 66.1 Å². The average Bonchev–Trinajstić information content (AvgIpc) is 2.79. The molecular weight excluding hydrogens is 418 g/mol.